The number of carbonyl (C=O) groups is 1. The molecule has 0 heterocycles. The third-order valence-electron chi connectivity index (χ3n) is 2.10. The summed E-state index contributed by atoms with van der Waals surface area (Å²) < 4.78 is 0. The first-order chi connectivity index (χ1) is 7.84. The molecule has 1 N–H and O–H groups in total. The molecule has 1 aromatic carbocycles. The molecule has 1 rings (SSSR count). The van der Waals surface area contributed by atoms with Crippen LogP contribution < -0.4 is 5.32 Å². The summed E-state index contributed by atoms with van der Waals surface area (Å²) in [7, 11) is 0. The fraction of sp³-hybridized carbons (Fsp3) is 0.214. The van der Waals surface area contributed by atoms with Crippen LogP contribution in [0.2, 0.25) is 0 Å². The second-order valence-electron chi connectivity index (χ2n) is 3.39. The van der Waals surface area contributed by atoms with E-state index in [0.29, 0.717) is 5.56 Å². The van der Waals surface area contributed by atoms with Gasteiger partial charge in [-0.25, -0.2) is 0 Å². The van der Waals surface area contributed by atoms with Crippen molar-refractivity contribution < 1.29 is 4.79 Å². The van der Waals surface area contributed by atoms with Crippen LogP contribution in [0.5, 0.6) is 0 Å². The van der Waals surface area contributed by atoms with Gasteiger partial charge in [-0.3, -0.25) is 4.79 Å². The minimum absolute atomic E-state index is 0.0668. The van der Waals surface area contributed by atoms with Gasteiger partial charge in [0, 0.05) is 11.8 Å². The fourth-order valence-electron chi connectivity index (χ4n) is 1.25. The summed E-state index contributed by atoms with van der Waals surface area (Å²) in [5.41, 5.74) is 0.681. The zero-order valence-electron chi connectivity index (χ0n) is 9.52. The fourth-order valence-corrected chi connectivity index (χ4v) is 1.25. The molecular weight excluding hydrogens is 198 g/mol. The zero-order chi connectivity index (χ0) is 11.6. The highest BCUT2D eigenvalue weighted by atomic mass is 16.1. The molecule has 1 amide bonds. The Morgan fingerprint density at radius 3 is 2.56 bits per heavy atom. The van der Waals surface area contributed by atoms with Crippen molar-refractivity contribution >= 4 is 5.91 Å². The van der Waals surface area contributed by atoms with Crippen LogP contribution in [0.4, 0.5) is 0 Å². The molecule has 0 radical (unpaired) electrons. The topological polar surface area (TPSA) is 29.1 Å². The van der Waals surface area contributed by atoms with Crippen LogP contribution in [-0.2, 0) is 0 Å². The molecule has 84 valence electrons. The summed E-state index contributed by atoms with van der Waals surface area (Å²) >= 11 is 0. The second kappa shape index (κ2) is 7.46. The average Bonchev–Trinajstić information content (AvgIpc) is 2.34. The summed E-state index contributed by atoms with van der Waals surface area (Å²) in [6.07, 6.45) is 9.74. The summed E-state index contributed by atoms with van der Waals surface area (Å²) in [5, 5.41) is 2.73. The normalized spacial score (nSPS) is 11.1. The lowest BCUT2D eigenvalue weighted by Gasteiger charge is -1.98. The lowest BCUT2D eigenvalue weighted by Crippen LogP contribution is -2.16. The maximum Gasteiger partial charge on any atom is 0.255 e. The second-order valence-corrected chi connectivity index (χ2v) is 3.39. The van der Waals surface area contributed by atoms with Crippen LogP contribution in [0, 0.1) is 0 Å². The van der Waals surface area contributed by atoms with E-state index in [-0.39, 0.29) is 5.91 Å². The molecule has 0 unspecified atom stereocenters. The standard InChI is InChI=1S/C14H17NO/c1-2-3-4-5-9-12-15-14(16)13-10-7-6-8-11-13/h2-3,6-12H,4-5H2,1H3,(H,15,16)/b3-2+,12-9-. The van der Waals surface area contributed by atoms with Crippen molar-refractivity contribution in [2.24, 2.45) is 0 Å². The molecule has 2 nitrogen and oxygen atoms in total. The monoisotopic (exact) mass is 215 g/mol. The van der Waals surface area contributed by atoms with Gasteiger partial charge in [0.15, 0.2) is 0 Å². The number of hydrogen-bond donors (Lipinski definition) is 1. The van der Waals surface area contributed by atoms with Gasteiger partial charge in [0.1, 0.15) is 0 Å². The molecule has 1 aromatic rings. The van der Waals surface area contributed by atoms with Gasteiger partial charge in [-0.2, -0.15) is 0 Å². The Morgan fingerprint density at radius 2 is 1.88 bits per heavy atom. The van der Waals surface area contributed by atoms with Crippen molar-refractivity contribution in [1.29, 1.82) is 0 Å². The maximum absolute atomic E-state index is 11.6. The van der Waals surface area contributed by atoms with Gasteiger partial charge in [-0.15, -0.1) is 0 Å². The van der Waals surface area contributed by atoms with Crippen LogP contribution in [-0.4, -0.2) is 5.91 Å². The van der Waals surface area contributed by atoms with Crippen molar-refractivity contribution in [2.45, 2.75) is 19.8 Å². The van der Waals surface area contributed by atoms with Crippen LogP contribution in [0.1, 0.15) is 30.1 Å². The molecule has 0 saturated heterocycles. The number of nitrogens with one attached hydrogen (secondary N) is 1. The summed E-state index contributed by atoms with van der Waals surface area (Å²) in [6, 6.07) is 9.19. The molecule has 16 heavy (non-hydrogen) atoms. The average molecular weight is 215 g/mol. The largest absolute Gasteiger partial charge is 0.329 e. The van der Waals surface area contributed by atoms with Gasteiger partial charge in [0.25, 0.3) is 5.91 Å². The number of benzene rings is 1. The summed E-state index contributed by atoms with van der Waals surface area (Å²) in [5.74, 6) is -0.0668. The van der Waals surface area contributed by atoms with Crippen molar-refractivity contribution in [3.8, 4) is 0 Å². The van der Waals surface area contributed by atoms with Crippen LogP contribution >= 0.6 is 0 Å². The summed E-state index contributed by atoms with van der Waals surface area (Å²) in [4.78, 5) is 11.6. The predicted octanol–water partition coefficient (Wildman–Crippen LogP) is 3.29. The van der Waals surface area contributed by atoms with Crippen LogP contribution in [0.25, 0.3) is 0 Å². The molecule has 0 atom stereocenters. The van der Waals surface area contributed by atoms with E-state index in [4.69, 9.17) is 0 Å². The van der Waals surface area contributed by atoms with Crippen LogP contribution in [0.15, 0.2) is 54.8 Å². The molecular formula is C14H17NO. The molecule has 0 saturated carbocycles. The number of amides is 1. The lowest BCUT2D eigenvalue weighted by atomic mass is 10.2. The van der Waals surface area contributed by atoms with Gasteiger partial charge >= 0.3 is 0 Å². The Morgan fingerprint density at radius 1 is 1.19 bits per heavy atom. The van der Waals surface area contributed by atoms with E-state index < -0.39 is 0 Å². The van der Waals surface area contributed by atoms with E-state index in [0.717, 1.165) is 12.8 Å². The van der Waals surface area contributed by atoms with E-state index >= 15 is 0 Å². The van der Waals surface area contributed by atoms with Crippen molar-refractivity contribution in [3.63, 3.8) is 0 Å². The molecule has 2 heteroatoms. The van der Waals surface area contributed by atoms with E-state index in [1.54, 1.807) is 18.3 Å². The summed E-state index contributed by atoms with van der Waals surface area (Å²) in [6.45, 7) is 2.00. The van der Waals surface area contributed by atoms with Crippen molar-refractivity contribution in [1.82, 2.24) is 5.32 Å². The number of unbranched alkanes of at least 4 members (excludes halogenated alkanes) is 1. The number of hydrogen-bond acceptors (Lipinski definition) is 1. The Labute approximate surface area is 96.7 Å². The molecule has 0 spiro atoms. The Bertz CT molecular complexity index is 366. The van der Waals surface area contributed by atoms with Gasteiger partial charge < -0.3 is 5.32 Å². The minimum Gasteiger partial charge on any atom is -0.329 e. The maximum atomic E-state index is 11.6. The molecule has 0 aliphatic heterocycles. The van der Waals surface area contributed by atoms with Gasteiger partial charge in [-0.05, 0) is 31.9 Å². The Hall–Kier alpha value is -1.83. The van der Waals surface area contributed by atoms with Crippen molar-refractivity contribution in [3.05, 3.63) is 60.3 Å². The molecule has 0 bridgehead atoms. The number of carbonyl (C=O) groups excluding carboxylic acids is 1. The minimum atomic E-state index is -0.0668. The Kier molecular flexibility index (Phi) is 5.71. The lowest BCUT2D eigenvalue weighted by molar-refractivity contribution is 0.0970. The molecule has 0 fully saturated rings. The molecule has 0 aliphatic rings. The first kappa shape index (κ1) is 12.2. The SMILES string of the molecule is C/C=C/CC/C=C\NC(=O)c1ccccc1. The quantitative estimate of drug-likeness (QED) is 0.592. The third kappa shape index (κ3) is 4.60. The number of allylic oxidation sites excluding steroid dienone is 3. The third-order valence-corrected chi connectivity index (χ3v) is 2.10. The zero-order valence-corrected chi connectivity index (χ0v) is 9.52. The van der Waals surface area contributed by atoms with Gasteiger partial charge in [0.2, 0.25) is 0 Å². The number of rotatable bonds is 5. The van der Waals surface area contributed by atoms with Crippen LogP contribution in [0.3, 0.4) is 0 Å². The first-order valence-electron chi connectivity index (χ1n) is 5.46. The van der Waals surface area contributed by atoms with Crippen molar-refractivity contribution in [2.75, 3.05) is 0 Å². The van der Waals surface area contributed by atoms with E-state index in [2.05, 4.69) is 11.4 Å². The smallest absolute Gasteiger partial charge is 0.255 e. The Balaban J connectivity index is 2.30. The highest BCUT2D eigenvalue weighted by Gasteiger charge is 1.99. The van der Waals surface area contributed by atoms with E-state index in [1.165, 1.54) is 0 Å². The highest BCUT2D eigenvalue weighted by Crippen LogP contribution is 1.98. The van der Waals surface area contributed by atoms with E-state index in [1.807, 2.05) is 37.3 Å². The van der Waals surface area contributed by atoms with E-state index in [9.17, 15) is 4.79 Å². The van der Waals surface area contributed by atoms with Gasteiger partial charge in [-0.1, -0.05) is 36.4 Å². The predicted molar refractivity (Wildman–Crippen MR) is 67.1 cm³/mol. The van der Waals surface area contributed by atoms with Gasteiger partial charge in [0.05, 0.1) is 0 Å². The highest BCUT2D eigenvalue weighted by molar-refractivity contribution is 5.94. The first-order valence-corrected chi connectivity index (χ1v) is 5.46. The molecule has 0 aliphatic carbocycles. The molecule has 0 aromatic heterocycles.